The fraction of sp³-hybridized carbons (Fsp3) is 0.903. The molecule has 1 N–H and O–H groups in total. The molecule has 228 valence electrons. The first kappa shape index (κ1) is 35.2. The monoisotopic (exact) mass is 555 g/mol. The fourth-order valence-corrected chi connectivity index (χ4v) is 4.83. The second-order valence-electron chi connectivity index (χ2n) is 12.0. The lowest BCUT2D eigenvalue weighted by Gasteiger charge is -2.27. The molecule has 0 aromatic carbocycles. The van der Waals surface area contributed by atoms with E-state index in [-0.39, 0.29) is 31.6 Å². The van der Waals surface area contributed by atoms with Gasteiger partial charge in [0.2, 0.25) is 0 Å². The maximum atomic E-state index is 12.5. The number of esters is 2. The third-order valence-corrected chi connectivity index (χ3v) is 7.01. The van der Waals surface area contributed by atoms with E-state index in [1.54, 1.807) is 20.8 Å². The van der Waals surface area contributed by atoms with E-state index in [4.69, 9.17) is 14.2 Å². The number of aliphatic hydroxyl groups is 1. The molecule has 1 unspecified atom stereocenters. The summed E-state index contributed by atoms with van der Waals surface area (Å²) in [7, 11) is 0. The lowest BCUT2D eigenvalue weighted by atomic mass is 10.0. The van der Waals surface area contributed by atoms with Crippen molar-refractivity contribution in [2.24, 2.45) is 0 Å². The van der Waals surface area contributed by atoms with Gasteiger partial charge in [-0.2, -0.15) is 0 Å². The van der Waals surface area contributed by atoms with Gasteiger partial charge in [-0.1, -0.05) is 71.6 Å². The number of aliphatic hydroxyl groups excluding tert-OH is 1. The van der Waals surface area contributed by atoms with Crippen LogP contribution in [0.15, 0.2) is 0 Å². The van der Waals surface area contributed by atoms with Crippen LogP contribution in [0.5, 0.6) is 0 Å². The first-order valence-corrected chi connectivity index (χ1v) is 15.6. The van der Waals surface area contributed by atoms with Crippen molar-refractivity contribution in [3.8, 4) is 0 Å². The smallest absolute Gasteiger partial charge is 0.411 e. The molecule has 0 aromatic rings. The van der Waals surface area contributed by atoms with Crippen LogP contribution >= 0.6 is 0 Å². The topological polar surface area (TPSA) is 102 Å². The van der Waals surface area contributed by atoms with Crippen LogP contribution in [0.4, 0.5) is 4.79 Å². The first-order valence-electron chi connectivity index (χ1n) is 15.6. The zero-order valence-corrected chi connectivity index (χ0v) is 25.5. The maximum absolute atomic E-state index is 12.5. The second-order valence-corrected chi connectivity index (χ2v) is 12.0. The Morgan fingerprint density at radius 3 is 2.00 bits per heavy atom. The number of likely N-dealkylation sites (tertiary alicyclic amines) is 1. The van der Waals surface area contributed by atoms with Gasteiger partial charge in [0, 0.05) is 12.8 Å². The Bertz CT molecular complexity index is 679. The van der Waals surface area contributed by atoms with E-state index in [9.17, 15) is 19.5 Å². The van der Waals surface area contributed by atoms with Crippen LogP contribution in [0.1, 0.15) is 144 Å². The number of hydrogen-bond acceptors (Lipinski definition) is 7. The molecule has 1 aliphatic rings. The second kappa shape index (κ2) is 20.1. The van der Waals surface area contributed by atoms with E-state index >= 15 is 0 Å². The molecule has 0 aromatic heterocycles. The highest BCUT2D eigenvalue weighted by Gasteiger charge is 2.41. The van der Waals surface area contributed by atoms with Gasteiger partial charge in [0.1, 0.15) is 17.7 Å². The van der Waals surface area contributed by atoms with Crippen molar-refractivity contribution >= 4 is 18.0 Å². The van der Waals surface area contributed by atoms with Crippen LogP contribution in [0.3, 0.4) is 0 Å². The quantitative estimate of drug-likeness (QED) is 0.0971. The third kappa shape index (κ3) is 16.8. The zero-order valence-electron chi connectivity index (χ0n) is 25.5. The summed E-state index contributed by atoms with van der Waals surface area (Å²) in [5.41, 5.74) is -0.681. The van der Waals surface area contributed by atoms with Gasteiger partial charge in [-0.05, 0) is 59.3 Å². The number of hydrogen-bond donors (Lipinski definition) is 1. The zero-order chi connectivity index (χ0) is 29.1. The van der Waals surface area contributed by atoms with Crippen LogP contribution < -0.4 is 0 Å². The number of carbonyl (C=O) groups is 3. The number of nitrogens with zero attached hydrogens (tertiary/aromatic N) is 1. The number of β-amino-alcohol motifs (C(OH)–C–C–N with tert-alkyl or cyclic N) is 1. The molecule has 39 heavy (non-hydrogen) atoms. The molecule has 1 fully saturated rings. The third-order valence-electron chi connectivity index (χ3n) is 7.01. The van der Waals surface area contributed by atoms with E-state index in [1.807, 2.05) is 0 Å². The minimum absolute atomic E-state index is 0.0631. The number of carbonyl (C=O) groups excluding carboxylic acids is 3. The van der Waals surface area contributed by atoms with Crippen molar-refractivity contribution in [2.45, 2.75) is 168 Å². The van der Waals surface area contributed by atoms with Gasteiger partial charge >= 0.3 is 18.0 Å². The van der Waals surface area contributed by atoms with Crippen molar-refractivity contribution in [3.63, 3.8) is 0 Å². The van der Waals surface area contributed by atoms with E-state index in [0.29, 0.717) is 6.42 Å². The molecule has 1 heterocycles. The molecule has 1 amide bonds. The molecule has 0 saturated carbocycles. The van der Waals surface area contributed by atoms with Gasteiger partial charge in [0.15, 0.2) is 0 Å². The molecule has 8 nitrogen and oxygen atoms in total. The Balaban J connectivity index is 2.22. The average Bonchev–Trinajstić information content (AvgIpc) is 3.26. The molecule has 2 atom stereocenters. The average molecular weight is 556 g/mol. The van der Waals surface area contributed by atoms with Crippen LogP contribution in [0.25, 0.3) is 0 Å². The Morgan fingerprint density at radius 2 is 1.41 bits per heavy atom. The predicted octanol–water partition coefficient (Wildman–Crippen LogP) is 7.09. The largest absolute Gasteiger partial charge is 0.464 e. The van der Waals surface area contributed by atoms with Crippen LogP contribution in [-0.2, 0) is 23.8 Å². The van der Waals surface area contributed by atoms with Gasteiger partial charge in [-0.15, -0.1) is 0 Å². The van der Waals surface area contributed by atoms with Gasteiger partial charge in [-0.25, -0.2) is 9.59 Å². The fourth-order valence-electron chi connectivity index (χ4n) is 4.83. The van der Waals surface area contributed by atoms with Gasteiger partial charge in [0.05, 0.1) is 19.3 Å². The first-order chi connectivity index (χ1) is 18.6. The standard InChI is InChI=1S/C31H57NO7/c1-6-8-10-15-19-26(20-16-11-9-7-2)38-28(34)21-17-13-12-14-18-22-37-29(35)27-23-25(33)24-32(27)30(36)39-31(3,4)5/h25-27,33H,6-24H2,1-5H3/t25?,27-/m0/s1. The van der Waals surface area contributed by atoms with Crippen molar-refractivity contribution in [1.82, 2.24) is 4.90 Å². The number of unbranched alkanes of at least 4 members (excludes halogenated alkanes) is 10. The van der Waals surface area contributed by atoms with E-state index < -0.39 is 29.8 Å². The van der Waals surface area contributed by atoms with Crippen molar-refractivity contribution < 1.29 is 33.7 Å². The van der Waals surface area contributed by atoms with Crippen molar-refractivity contribution in [2.75, 3.05) is 13.2 Å². The number of amides is 1. The molecule has 1 saturated heterocycles. The summed E-state index contributed by atoms with van der Waals surface area (Å²) in [5, 5.41) is 9.97. The lowest BCUT2D eigenvalue weighted by molar-refractivity contribution is -0.150. The highest BCUT2D eigenvalue weighted by Crippen LogP contribution is 2.23. The van der Waals surface area contributed by atoms with Gasteiger partial charge in [-0.3, -0.25) is 9.69 Å². The van der Waals surface area contributed by atoms with Gasteiger partial charge < -0.3 is 19.3 Å². The molecular formula is C31H57NO7. The summed E-state index contributed by atoms with van der Waals surface area (Å²) < 4.78 is 16.6. The normalized spacial score (nSPS) is 17.5. The Hall–Kier alpha value is -1.83. The minimum Gasteiger partial charge on any atom is -0.464 e. The molecule has 8 heteroatoms. The highest BCUT2D eigenvalue weighted by molar-refractivity contribution is 5.82. The SMILES string of the molecule is CCCCCCC(CCCCCC)OC(=O)CCCCCCCOC(=O)[C@@H]1CC(O)CN1C(=O)OC(C)(C)C. The molecular weight excluding hydrogens is 498 g/mol. The Morgan fingerprint density at radius 1 is 0.846 bits per heavy atom. The van der Waals surface area contributed by atoms with E-state index in [0.717, 1.165) is 57.8 Å². The van der Waals surface area contributed by atoms with Crippen molar-refractivity contribution in [1.29, 1.82) is 0 Å². The molecule has 0 radical (unpaired) electrons. The van der Waals surface area contributed by atoms with Crippen LogP contribution in [0.2, 0.25) is 0 Å². The van der Waals surface area contributed by atoms with E-state index in [1.165, 1.54) is 43.4 Å². The Kier molecular flexibility index (Phi) is 18.1. The Labute approximate surface area is 237 Å². The molecule has 1 rings (SSSR count). The summed E-state index contributed by atoms with van der Waals surface area (Å²) in [5.74, 6) is -0.577. The highest BCUT2D eigenvalue weighted by atomic mass is 16.6. The predicted molar refractivity (Wildman–Crippen MR) is 153 cm³/mol. The summed E-state index contributed by atoms with van der Waals surface area (Å²) in [4.78, 5) is 38.6. The molecule has 0 bridgehead atoms. The van der Waals surface area contributed by atoms with Gasteiger partial charge in [0.25, 0.3) is 0 Å². The summed E-state index contributed by atoms with van der Waals surface area (Å²) >= 11 is 0. The molecule has 0 spiro atoms. The summed E-state index contributed by atoms with van der Waals surface area (Å²) in [6, 6.07) is -0.817. The summed E-state index contributed by atoms with van der Waals surface area (Å²) in [6.07, 6.45) is 15.1. The van der Waals surface area contributed by atoms with Crippen LogP contribution in [-0.4, -0.2) is 65.0 Å². The maximum Gasteiger partial charge on any atom is 0.411 e. The molecule has 0 aliphatic carbocycles. The van der Waals surface area contributed by atoms with Crippen molar-refractivity contribution in [3.05, 3.63) is 0 Å². The van der Waals surface area contributed by atoms with E-state index in [2.05, 4.69) is 13.8 Å². The minimum atomic E-state index is -0.817. The molecule has 1 aliphatic heterocycles. The lowest BCUT2D eigenvalue weighted by Crippen LogP contribution is -2.44. The number of ether oxygens (including phenoxy) is 3. The number of rotatable bonds is 20. The summed E-state index contributed by atoms with van der Waals surface area (Å²) in [6.45, 7) is 10.0. The van der Waals surface area contributed by atoms with Crippen LogP contribution in [0, 0.1) is 0 Å².